The molecule has 2 aromatic rings. The fraction of sp³-hybridized carbons (Fsp3) is 0.286. The Labute approximate surface area is 112 Å². The van der Waals surface area contributed by atoms with E-state index in [0.717, 1.165) is 0 Å². The Morgan fingerprint density at radius 2 is 2.16 bits per heavy atom. The molecule has 1 heterocycles. The number of benzene rings is 1. The van der Waals surface area contributed by atoms with E-state index in [0.29, 0.717) is 18.1 Å². The van der Waals surface area contributed by atoms with Gasteiger partial charge in [0.15, 0.2) is 12.4 Å². The summed E-state index contributed by atoms with van der Waals surface area (Å²) in [5, 5.41) is 8.40. The van der Waals surface area contributed by atoms with Crippen molar-refractivity contribution in [3.05, 3.63) is 47.7 Å². The highest BCUT2D eigenvalue weighted by molar-refractivity contribution is 5.90. The number of carbonyl (C=O) groups excluding carboxylic acids is 1. The van der Waals surface area contributed by atoms with Crippen LogP contribution in [0.15, 0.2) is 40.9 Å². The topological polar surface area (TPSA) is 71.7 Å². The van der Waals surface area contributed by atoms with Gasteiger partial charge in [-0.05, 0) is 13.8 Å². The van der Waals surface area contributed by atoms with Gasteiger partial charge in [0, 0.05) is 11.6 Å². The lowest BCUT2D eigenvalue weighted by Crippen LogP contribution is -2.86. The summed E-state index contributed by atoms with van der Waals surface area (Å²) in [4.78, 5) is 11.7. The number of rotatable bonds is 5. The van der Waals surface area contributed by atoms with Gasteiger partial charge in [0.25, 0.3) is 5.91 Å². The van der Waals surface area contributed by atoms with Gasteiger partial charge in [-0.15, -0.1) is 0 Å². The first-order valence-electron chi connectivity index (χ1n) is 6.26. The van der Waals surface area contributed by atoms with Gasteiger partial charge in [0.2, 0.25) is 0 Å². The molecule has 0 aliphatic heterocycles. The van der Waals surface area contributed by atoms with Crippen LogP contribution in [0.1, 0.15) is 24.3 Å². The molecule has 0 unspecified atom stereocenters. The molecule has 0 aliphatic carbocycles. The van der Waals surface area contributed by atoms with E-state index >= 15 is 0 Å². The highest BCUT2D eigenvalue weighted by atomic mass is 16.5. The molecule has 3 N–H and O–H groups in total. The first kappa shape index (κ1) is 13.3. The van der Waals surface area contributed by atoms with E-state index in [-0.39, 0.29) is 11.9 Å². The number of carbonyl (C=O) groups is 1. The zero-order valence-corrected chi connectivity index (χ0v) is 11.1. The second-order valence-electron chi connectivity index (χ2n) is 4.51. The molecule has 1 aromatic carbocycles. The van der Waals surface area contributed by atoms with Crippen molar-refractivity contribution in [3.63, 3.8) is 0 Å². The average Bonchev–Trinajstić information content (AvgIpc) is 2.82. The van der Waals surface area contributed by atoms with Crippen molar-refractivity contribution in [2.24, 2.45) is 0 Å². The summed E-state index contributed by atoms with van der Waals surface area (Å²) in [6.07, 6.45) is 0. The third kappa shape index (κ3) is 3.93. The summed E-state index contributed by atoms with van der Waals surface area (Å²) >= 11 is 0. The highest BCUT2D eigenvalue weighted by Gasteiger charge is 2.12. The molecular weight excluding hydrogens is 242 g/mol. The van der Waals surface area contributed by atoms with Crippen LogP contribution < -0.4 is 10.6 Å². The van der Waals surface area contributed by atoms with Crippen LogP contribution in [0, 0.1) is 6.92 Å². The van der Waals surface area contributed by atoms with Gasteiger partial charge in [-0.1, -0.05) is 35.5 Å². The van der Waals surface area contributed by atoms with Gasteiger partial charge >= 0.3 is 0 Å². The Balaban J connectivity index is 1.80. The van der Waals surface area contributed by atoms with Crippen LogP contribution in [-0.2, 0) is 4.79 Å². The fourth-order valence-corrected chi connectivity index (χ4v) is 1.80. The Kier molecular flexibility index (Phi) is 4.30. The molecule has 1 amide bonds. The minimum Gasteiger partial charge on any atom is -0.360 e. The number of nitrogens with zero attached hydrogens (tertiary/aromatic N) is 1. The Bertz CT molecular complexity index is 537. The Hall–Kier alpha value is -2.14. The first-order chi connectivity index (χ1) is 9.15. The van der Waals surface area contributed by atoms with Crippen LogP contribution >= 0.6 is 0 Å². The molecule has 0 aliphatic rings. The van der Waals surface area contributed by atoms with Crippen LogP contribution in [0.5, 0.6) is 0 Å². The molecule has 0 spiro atoms. The van der Waals surface area contributed by atoms with Crippen molar-refractivity contribution < 1.29 is 14.6 Å². The van der Waals surface area contributed by atoms with E-state index in [1.54, 1.807) is 13.0 Å². The molecule has 1 aromatic heterocycles. The molecule has 5 nitrogen and oxygen atoms in total. The van der Waals surface area contributed by atoms with Gasteiger partial charge in [0.05, 0.1) is 0 Å². The van der Waals surface area contributed by atoms with Crippen LogP contribution in [0.3, 0.4) is 0 Å². The second kappa shape index (κ2) is 6.15. The van der Waals surface area contributed by atoms with Gasteiger partial charge in [0.1, 0.15) is 11.8 Å². The van der Waals surface area contributed by atoms with E-state index in [1.807, 2.05) is 23.5 Å². The third-order valence-corrected chi connectivity index (χ3v) is 2.88. The summed E-state index contributed by atoms with van der Waals surface area (Å²) in [6.45, 7) is 4.21. The van der Waals surface area contributed by atoms with E-state index in [4.69, 9.17) is 4.52 Å². The smallest absolute Gasteiger partial charge is 0.280 e. The van der Waals surface area contributed by atoms with Gasteiger partial charge in [-0.2, -0.15) is 0 Å². The predicted octanol–water partition coefficient (Wildman–Crippen LogP) is 1.25. The lowest BCUT2D eigenvalue weighted by Gasteiger charge is -2.10. The van der Waals surface area contributed by atoms with Crippen LogP contribution in [-0.4, -0.2) is 17.6 Å². The van der Waals surface area contributed by atoms with Crippen molar-refractivity contribution in [1.82, 2.24) is 5.16 Å². The van der Waals surface area contributed by atoms with E-state index in [2.05, 4.69) is 29.5 Å². The first-order valence-corrected chi connectivity index (χ1v) is 6.26. The average molecular weight is 260 g/mol. The number of nitrogens with one attached hydrogen (secondary N) is 1. The molecule has 19 heavy (non-hydrogen) atoms. The number of aryl methyl sites for hydroxylation is 1. The third-order valence-electron chi connectivity index (χ3n) is 2.88. The highest BCUT2D eigenvalue weighted by Crippen LogP contribution is 2.07. The molecule has 0 saturated carbocycles. The SMILES string of the molecule is Cc1cc(NC(=O)C[NH2+][C@@H](C)c2ccccc2)no1. The molecule has 0 fully saturated rings. The zero-order chi connectivity index (χ0) is 13.7. The van der Waals surface area contributed by atoms with Crippen molar-refractivity contribution >= 4 is 11.7 Å². The van der Waals surface area contributed by atoms with Crippen molar-refractivity contribution in [2.75, 3.05) is 11.9 Å². The normalized spacial score (nSPS) is 12.1. The summed E-state index contributed by atoms with van der Waals surface area (Å²) < 4.78 is 4.89. The minimum atomic E-state index is -0.0870. The van der Waals surface area contributed by atoms with Crippen LogP contribution in [0.25, 0.3) is 0 Å². The predicted molar refractivity (Wildman–Crippen MR) is 71.5 cm³/mol. The number of amides is 1. The quantitative estimate of drug-likeness (QED) is 0.849. The van der Waals surface area contributed by atoms with E-state index < -0.39 is 0 Å². The molecule has 0 radical (unpaired) electrons. The molecule has 0 saturated heterocycles. The fourth-order valence-electron chi connectivity index (χ4n) is 1.80. The van der Waals surface area contributed by atoms with Gasteiger partial charge < -0.3 is 15.2 Å². The van der Waals surface area contributed by atoms with Crippen molar-refractivity contribution in [1.29, 1.82) is 0 Å². The lowest BCUT2D eigenvalue weighted by atomic mass is 10.1. The molecule has 100 valence electrons. The number of hydrogen-bond donors (Lipinski definition) is 2. The molecule has 1 atom stereocenters. The van der Waals surface area contributed by atoms with Crippen molar-refractivity contribution in [3.8, 4) is 0 Å². The van der Waals surface area contributed by atoms with Crippen LogP contribution in [0.4, 0.5) is 5.82 Å². The molecular formula is C14H18N3O2+. The van der Waals surface area contributed by atoms with Crippen molar-refractivity contribution in [2.45, 2.75) is 19.9 Å². The van der Waals surface area contributed by atoms with Crippen LogP contribution in [0.2, 0.25) is 0 Å². The van der Waals surface area contributed by atoms with Gasteiger partial charge in [-0.3, -0.25) is 4.79 Å². The largest absolute Gasteiger partial charge is 0.360 e. The lowest BCUT2D eigenvalue weighted by molar-refractivity contribution is -0.682. The monoisotopic (exact) mass is 260 g/mol. The van der Waals surface area contributed by atoms with E-state index in [1.165, 1.54) is 5.56 Å². The minimum absolute atomic E-state index is 0.0870. The number of quaternary nitrogens is 1. The van der Waals surface area contributed by atoms with E-state index in [9.17, 15) is 4.79 Å². The maximum Gasteiger partial charge on any atom is 0.280 e. The Morgan fingerprint density at radius 1 is 1.42 bits per heavy atom. The molecule has 5 heteroatoms. The standard InChI is InChI=1S/C14H17N3O2/c1-10-8-13(17-19-10)16-14(18)9-15-11(2)12-6-4-3-5-7-12/h3-8,11,15H,9H2,1-2H3,(H,16,17,18)/p+1/t11-/m0/s1. The second-order valence-corrected chi connectivity index (χ2v) is 4.51. The molecule has 0 bridgehead atoms. The maximum absolute atomic E-state index is 11.7. The Morgan fingerprint density at radius 3 is 2.79 bits per heavy atom. The maximum atomic E-state index is 11.7. The number of nitrogens with two attached hydrogens (primary N) is 1. The number of anilines is 1. The summed E-state index contributed by atoms with van der Waals surface area (Å²) in [5.74, 6) is 1.05. The summed E-state index contributed by atoms with van der Waals surface area (Å²) in [5.41, 5.74) is 1.20. The molecule has 2 rings (SSSR count). The summed E-state index contributed by atoms with van der Waals surface area (Å²) in [6, 6.07) is 12.0. The van der Waals surface area contributed by atoms with Gasteiger partial charge in [-0.25, -0.2) is 0 Å². The number of hydrogen-bond acceptors (Lipinski definition) is 3. The zero-order valence-electron chi connectivity index (χ0n) is 11.1. The number of aromatic nitrogens is 1. The summed E-state index contributed by atoms with van der Waals surface area (Å²) in [7, 11) is 0.